The third-order valence-corrected chi connectivity index (χ3v) is 1.39. The molecule has 3 heteroatoms. The number of allylic oxidation sites excluding steroid dienone is 5. The maximum absolute atomic E-state index is 4.77. The van der Waals surface area contributed by atoms with E-state index in [0.717, 1.165) is 11.1 Å². The maximum Gasteiger partial charge on any atom is 0.111 e. The van der Waals surface area contributed by atoms with Crippen LogP contribution < -0.4 is 5.90 Å². The second-order valence-corrected chi connectivity index (χ2v) is 2.33. The van der Waals surface area contributed by atoms with Crippen LogP contribution in [0.4, 0.5) is 0 Å². The van der Waals surface area contributed by atoms with E-state index in [1.54, 1.807) is 0 Å². The van der Waals surface area contributed by atoms with Crippen LogP contribution >= 0.6 is 0 Å². The van der Waals surface area contributed by atoms with Crippen LogP contribution in [0.25, 0.3) is 0 Å². The Morgan fingerprint density at radius 3 is 2.82 bits per heavy atom. The molecule has 1 rings (SSSR count). The third-order valence-electron chi connectivity index (χ3n) is 1.39. The molecule has 0 saturated carbocycles. The molecule has 11 heavy (non-hydrogen) atoms. The Labute approximate surface area is 65.5 Å². The van der Waals surface area contributed by atoms with Gasteiger partial charge >= 0.3 is 0 Å². The third kappa shape index (κ3) is 1.78. The fourth-order valence-corrected chi connectivity index (χ4v) is 0.860. The van der Waals surface area contributed by atoms with Crippen molar-refractivity contribution in [3.8, 4) is 0 Å². The van der Waals surface area contributed by atoms with E-state index in [0.29, 0.717) is 5.71 Å². The molecule has 0 radical (unpaired) electrons. The minimum absolute atomic E-state index is 0.665. The Hall–Kier alpha value is -1.35. The Balaban J connectivity index is 2.86. The highest BCUT2D eigenvalue weighted by molar-refractivity contribution is 6.11. The van der Waals surface area contributed by atoms with Gasteiger partial charge in [0.15, 0.2) is 0 Å². The lowest BCUT2D eigenvalue weighted by Gasteiger charge is -2.05. The molecule has 1 aliphatic carbocycles. The minimum atomic E-state index is 0.665. The molecule has 0 heterocycles. The highest BCUT2D eigenvalue weighted by Gasteiger charge is 2.03. The number of nitrogens with two attached hydrogens (primary N) is 1. The van der Waals surface area contributed by atoms with Gasteiger partial charge < -0.3 is 4.94 Å². The lowest BCUT2D eigenvalue weighted by molar-refractivity contribution is 0.149. The van der Waals surface area contributed by atoms with Crippen molar-refractivity contribution in [2.45, 2.75) is 6.92 Å². The first-order valence-corrected chi connectivity index (χ1v) is 3.23. The SMILES string of the molecule is C=C1C=C(C)C=C/C1=N/ON. The molecular formula is C8H10N2O. The van der Waals surface area contributed by atoms with Crippen molar-refractivity contribution < 1.29 is 4.94 Å². The van der Waals surface area contributed by atoms with Crippen molar-refractivity contribution in [1.29, 1.82) is 0 Å². The molecule has 0 amide bonds. The van der Waals surface area contributed by atoms with Gasteiger partial charge in [-0.05, 0) is 18.6 Å². The lowest BCUT2D eigenvalue weighted by atomic mass is 10.0. The van der Waals surface area contributed by atoms with E-state index in [1.165, 1.54) is 0 Å². The van der Waals surface area contributed by atoms with Gasteiger partial charge in [-0.3, -0.25) is 0 Å². The van der Waals surface area contributed by atoms with Gasteiger partial charge in [0.2, 0.25) is 0 Å². The molecule has 0 atom stereocenters. The maximum atomic E-state index is 4.77. The largest absolute Gasteiger partial charge is 0.302 e. The highest BCUT2D eigenvalue weighted by Crippen LogP contribution is 2.11. The standard InChI is InChI=1S/C8H10N2O/c1-6-3-4-8(10-11-9)7(2)5-6/h3-5H,2,9H2,1H3/b10-8-. The second kappa shape index (κ2) is 3.16. The monoisotopic (exact) mass is 150 g/mol. The zero-order valence-electron chi connectivity index (χ0n) is 6.37. The average molecular weight is 150 g/mol. The van der Waals surface area contributed by atoms with E-state index in [9.17, 15) is 0 Å². The number of hydrogen-bond acceptors (Lipinski definition) is 3. The Bertz CT molecular complexity index is 261. The number of hydrogen-bond donors (Lipinski definition) is 1. The molecule has 0 aromatic rings. The summed E-state index contributed by atoms with van der Waals surface area (Å²) in [7, 11) is 0. The van der Waals surface area contributed by atoms with E-state index in [4.69, 9.17) is 5.90 Å². The molecule has 1 aliphatic rings. The van der Waals surface area contributed by atoms with Crippen molar-refractivity contribution in [3.63, 3.8) is 0 Å². The van der Waals surface area contributed by atoms with E-state index >= 15 is 0 Å². The van der Waals surface area contributed by atoms with Gasteiger partial charge in [0.25, 0.3) is 0 Å². The average Bonchev–Trinajstić information content (AvgIpc) is 1.95. The van der Waals surface area contributed by atoms with Gasteiger partial charge in [0.05, 0.1) is 0 Å². The van der Waals surface area contributed by atoms with Crippen molar-refractivity contribution in [2.24, 2.45) is 11.1 Å². The number of nitrogens with zero attached hydrogens (tertiary/aromatic N) is 1. The first-order chi connectivity index (χ1) is 5.24. The van der Waals surface area contributed by atoms with Crippen LogP contribution in [0.5, 0.6) is 0 Å². The predicted molar refractivity (Wildman–Crippen MR) is 44.7 cm³/mol. The van der Waals surface area contributed by atoms with Crippen LogP contribution in [0.3, 0.4) is 0 Å². The normalized spacial score (nSPS) is 20.4. The van der Waals surface area contributed by atoms with Crippen molar-refractivity contribution in [3.05, 3.63) is 36.0 Å². The van der Waals surface area contributed by atoms with Crippen LogP contribution in [0.1, 0.15) is 6.92 Å². The Morgan fingerprint density at radius 2 is 2.27 bits per heavy atom. The molecule has 0 unspecified atom stereocenters. The Morgan fingerprint density at radius 1 is 1.55 bits per heavy atom. The molecule has 0 spiro atoms. The quantitative estimate of drug-likeness (QED) is 0.573. The topological polar surface area (TPSA) is 47.6 Å². The minimum Gasteiger partial charge on any atom is -0.302 e. The zero-order chi connectivity index (χ0) is 8.27. The molecule has 0 fully saturated rings. The molecule has 0 aromatic carbocycles. The molecule has 2 N–H and O–H groups in total. The van der Waals surface area contributed by atoms with Gasteiger partial charge in [-0.1, -0.05) is 29.5 Å². The summed E-state index contributed by atoms with van der Waals surface area (Å²) in [5.74, 6) is 4.77. The first kappa shape index (κ1) is 7.75. The van der Waals surface area contributed by atoms with E-state index < -0.39 is 0 Å². The van der Waals surface area contributed by atoms with Crippen LogP contribution in [0.2, 0.25) is 0 Å². The number of oxime groups is 1. The summed E-state index contributed by atoms with van der Waals surface area (Å²) in [4.78, 5) is 4.13. The van der Waals surface area contributed by atoms with Gasteiger partial charge in [0.1, 0.15) is 5.71 Å². The second-order valence-electron chi connectivity index (χ2n) is 2.33. The molecule has 0 aliphatic heterocycles. The van der Waals surface area contributed by atoms with E-state index in [2.05, 4.69) is 16.7 Å². The summed E-state index contributed by atoms with van der Waals surface area (Å²) in [6, 6.07) is 0. The smallest absolute Gasteiger partial charge is 0.111 e. The van der Waals surface area contributed by atoms with Gasteiger partial charge in [0, 0.05) is 0 Å². The number of rotatable bonds is 1. The summed E-state index contributed by atoms with van der Waals surface area (Å²) in [6.07, 6.45) is 5.65. The van der Waals surface area contributed by atoms with Gasteiger partial charge in [-0.25, -0.2) is 0 Å². The Kier molecular flexibility index (Phi) is 2.23. The zero-order valence-corrected chi connectivity index (χ0v) is 6.37. The lowest BCUT2D eigenvalue weighted by Crippen LogP contribution is -2.03. The summed E-state index contributed by atoms with van der Waals surface area (Å²) in [6.45, 7) is 5.76. The van der Waals surface area contributed by atoms with Crippen molar-refractivity contribution >= 4 is 5.71 Å². The molecule has 0 aromatic heterocycles. The fraction of sp³-hybridized carbons (Fsp3) is 0.125. The van der Waals surface area contributed by atoms with Gasteiger partial charge in [-0.15, -0.1) is 5.90 Å². The molecule has 0 bridgehead atoms. The van der Waals surface area contributed by atoms with Crippen molar-refractivity contribution in [2.75, 3.05) is 0 Å². The molecule has 3 nitrogen and oxygen atoms in total. The summed E-state index contributed by atoms with van der Waals surface area (Å²) >= 11 is 0. The van der Waals surface area contributed by atoms with E-state index in [1.807, 2.05) is 25.2 Å². The summed E-state index contributed by atoms with van der Waals surface area (Å²) in [5.41, 5.74) is 2.62. The van der Waals surface area contributed by atoms with Crippen LogP contribution in [-0.2, 0) is 4.94 Å². The van der Waals surface area contributed by atoms with Crippen molar-refractivity contribution in [1.82, 2.24) is 0 Å². The van der Waals surface area contributed by atoms with Crippen LogP contribution in [0, 0.1) is 0 Å². The van der Waals surface area contributed by atoms with Crippen LogP contribution in [-0.4, -0.2) is 5.71 Å². The highest BCUT2D eigenvalue weighted by atomic mass is 16.7. The summed E-state index contributed by atoms with van der Waals surface area (Å²) < 4.78 is 0. The van der Waals surface area contributed by atoms with Gasteiger partial charge in [-0.2, -0.15) is 0 Å². The van der Waals surface area contributed by atoms with Crippen LogP contribution in [0.15, 0.2) is 41.1 Å². The predicted octanol–water partition coefficient (Wildman–Crippen LogP) is 1.30. The first-order valence-electron chi connectivity index (χ1n) is 3.23. The molecule has 58 valence electrons. The fourth-order valence-electron chi connectivity index (χ4n) is 0.860. The molecular weight excluding hydrogens is 140 g/mol. The van der Waals surface area contributed by atoms with E-state index in [-0.39, 0.29) is 0 Å². The summed E-state index contributed by atoms with van der Waals surface area (Å²) in [5, 5.41) is 3.56. The molecule has 0 saturated heterocycles.